The number of halogens is 2. The molecule has 0 radical (unpaired) electrons. The van der Waals surface area contributed by atoms with Crippen molar-refractivity contribution in [3.8, 4) is 0 Å². The fourth-order valence-corrected chi connectivity index (χ4v) is 2.95. The van der Waals surface area contributed by atoms with E-state index in [1.54, 1.807) is 14.0 Å². The van der Waals surface area contributed by atoms with E-state index in [-0.39, 0.29) is 23.4 Å². The quantitative estimate of drug-likeness (QED) is 0.928. The van der Waals surface area contributed by atoms with Gasteiger partial charge in [-0.2, -0.15) is 0 Å². The van der Waals surface area contributed by atoms with Gasteiger partial charge < -0.3 is 10.6 Å². The zero-order chi connectivity index (χ0) is 15.6. The minimum absolute atomic E-state index is 0.0727. The number of rotatable bonds is 4. The molecule has 0 heterocycles. The SMILES string of the molecule is CC(c1cc(F)ccc1F)N(C)C(=O)C[C@@H]1CCC[C@H]1N. The van der Waals surface area contributed by atoms with Crippen LogP contribution in [-0.4, -0.2) is 23.9 Å². The number of hydrogen-bond acceptors (Lipinski definition) is 2. The zero-order valence-corrected chi connectivity index (χ0v) is 12.5. The van der Waals surface area contributed by atoms with Gasteiger partial charge in [0, 0.05) is 25.1 Å². The standard InChI is InChI=1S/C16H22F2N2O/c1-10(13-9-12(17)6-7-14(13)18)20(2)16(21)8-11-4-3-5-15(11)19/h6-7,9-11,15H,3-5,8,19H2,1-2H3/t10?,11-,15+/m0/s1. The van der Waals surface area contributed by atoms with Crippen LogP contribution in [0.3, 0.4) is 0 Å². The predicted octanol–water partition coefficient (Wildman–Crippen LogP) is 3.00. The van der Waals surface area contributed by atoms with Gasteiger partial charge in [0.05, 0.1) is 6.04 Å². The Kier molecular flexibility index (Phi) is 4.93. The van der Waals surface area contributed by atoms with Gasteiger partial charge in [-0.25, -0.2) is 8.78 Å². The van der Waals surface area contributed by atoms with E-state index in [1.165, 1.54) is 4.90 Å². The summed E-state index contributed by atoms with van der Waals surface area (Å²) in [5, 5.41) is 0. The lowest BCUT2D eigenvalue weighted by Gasteiger charge is -2.27. The van der Waals surface area contributed by atoms with Crippen molar-refractivity contribution in [2.75, 3.05) is 7.05 Å². The third-order valence-corrected chi connectivity index (χ3v) is 4.54. The number of nitrogens with two attached hydrogens (primary N) is 1. The topological polar surface area (TPSA) is 46.3 Å². The molecule has 0 aliphatic heterocycles. The Hall–Kier alpha value is -1.49. The smallest absolute Gasteiger partial charge is 0.223 e. The van der Waals surface area contributed by atoms with Gasteiger partial charge in [-0.05, 0) is 43.9 Å². The molecule has 1 unspecified atom stereocenters. The Morgan fingerprint density at radius 2 is 2.14 bits per heavy atom. The van der Waals surface area contributed by atoms with Crippen LogP contribution < -0.4 is 5.73 Å². The van der Waals surface area contributed by atoms with Crippen molar-refractivity contribution in [2.24, 2.45) is 11.7 Å². The molecule has 0 spiro atoms. The molecule has 2 rings (SSSR count). The summed E-state index contributed by atoms with van der Waals surface area (Å²) >= 11 is 0. The molecule has 3 atom stereocenters. The van der Waals surface area contributed by atoms with Crippen molar-refractivity contribution in [1.29, 1.82) is 0 Å². The van der Waals surface area contributed by atoms with Crippen molar-refractivity contribution in [2.45, 2.75) is 44.7 Å². The second-order valence-electron chi connectivity index (χ2n) is 5.91. The lowest BCUT2D eigenvalue weighted by atomic mass is 9.98. The maximum atomic E-state index is 13.8. The molecule has 116 valence electrons. The number of benzene rings is 1. The second kappa shape index (κ2) is 6.52. The van der Waals surface area contributed by atoms with E-state index in [4.69, 9.17) is 5.73 Å². The first kappa shape index (κ1) is 15.9. The number of carbonyl (C=O) groups is 1. The monoisotopic (exact) mass is 296 g/mol. The Balaban J connectivity index is 2.05. The third kappa shape index (κ3) is 3.59. The number of hydrogen-bond donors (Lipinski definition) is 1. The molecular formula is C16H22F2N2O. The molecule has 2 N–H and O–H groups in total. The van der Waals surface area contributed by atoms with Gasteiger partial charge >= 0.3 is 0 Å². The van der Waals surface area contributed by atoms with Crippen molar-refractivity contribution in [3.63, 3.8) is 0 Å². The molecule has 3 nitrogen and oxygen atoms in total. The molecule has 0 aromatic heterocycles. The first-order valence-electron chi connectivity index (χ1n) is 7.36. The van der Waals surface area contributed by atoms with Gasteiger partial charge in [-0.3, -0.25) is 4.79 Å². The second-order valence-corrected chi connectivity index (χ2v) is 5.91. The summed E-state index contributed by atoms with van der Waals surface area (Å²) in [6.07, 6.45) is 3.34. The average Bonchev–Trinajstić information content (AvgIpc) is 2.85. The van der Waals surface area contributed by atoms with E-state index in [9.17, 15) is 13.6 Å². The molecule has 0 bridgehead atoms. The third-order valence-electron chi connectivity index (χ3n) is 4.54. The van der Waals surface area contributed by atoms with E-state index in [0.29, 0.717) is 6.42 Å². The normalized spacial score (nSPS) is 23.1. The van der Waals surface area contributed by atoms with E-state index in [2.05, 4.69) is 0 Å². The lowest BCUT2D eigenvalue weighted by molar-refractivity contribution is -0.132. The van der Waals surface area contributed by atoms with Crippen LogP contribution in [0.4, 0.5) is 8.78 Å². The maximum Gasteiger partial charge on any atom is 0.223 e. The van der Waals surface area contributed by atoms with Crippen molar-refractivity contribution >= 4 is 5.91 Å². The summed E-state index contributed by atoms with van der Waals surface area (Å²) in [5.41, 5.74) is 6.17. The molecular weight excluding hydrogens is 274 g/mol. The molecule has 1 fully saturated rings. The highest BCUT2D eigenvalue weighted by molar-refractivity contribution is 5.76. The van der Waals surface area contributed by atoms with Gasteiger partial charge in [0.2, 0.25) is 5.91 Å². The van der Waals surface area contributed by atoms with Crippen LogP contribution in [-0.2, 0) is 4.79 Å². The number of nitrogens with zero attached hydrogens (tertiary/aromatic N) is 1. The summed E-state index contributed by atoms with van der Waals surface area (Å²) in [6.45, 7) is 1.70. The van der Waals surface area contributed by atoms with Crippen molar-refractivity contribution in [1.82, 2.24) is 4.90 Å². The minimum Gasteiger partial charge on any atom is -0.339 e. The fourth-order valence-electron chi connectivity index (χ4n) is 2.95. The highest BCUT2D eigenvalue weighted by atomic mass is 19.1. The Morgan fingerprint density at radius 3 is 2.76 bits per heavy atom. The number of carbonyl (C=O) groups excluding carboxylic acids is 1. The predicted molar refractivity (Wildman–Crippen MR) is 77.5 cm³/mol. The van der Waals surface area contributed by atoms with Gasteiger partial charge in [-0.15, -0.1) is 0 Å². The summed E-state index contributed by atoms with van der Waals surface area (Å²) in [4.78, 5) is 13.8. The van der Waals surface area contributed by atoms with Crippen LogP contribution >= 0.6 is 0 Å². The van der Waals surface area contributed by atoms with Gasteiger partial charge in [0.25, 0.3) is 0 Å². The molecule has 1 aromatic rings. The molecule has 1 aliphatic rings. The lowest BCUT2D eigenvalue weighted by Crippen LogP contribution is -2.34. The van der Waals surface area contributed by atoms with Gasteiger partial charge in [-0.1, -0.05) is 6.42 Å². The van der Waals surface area contributed by atoms with Gasteiger partial charge in [0.1, 0.15) is 11.6 Å². The molecule has 21 heavy (non-hydrogen) atoms. The first-order chi connectivity index (χ1) is 9.90. The highest BCUT2D eigenvalue weighted by Crippen LogP contribution is 2.29. The minimum atomic E-state index is -0.508. The van der Waals surface area contributed by atoms with E-state index in [1.807, 2.05) is 0 Å². The molecule has 1 aromatic carbocycles. The molecule has 1 saturated carbocycles. The summed E-state index contributed by atoms with van der Waals surface area (Å²) in [5.74, 6) is -0.879. The largest absolute Gasteiger partial charge is 0.339 e. The number of amides is 1. The van der Waals surface area contributed by atoms with Gasteiger partial charge in [0.15, 0.2) is 0 Å². The molecule has 5 heteroatoms. The van der Waals surface area contributed by atoms with Crippen molar-refractivity contribution < 1.29 is 13.6 Å². The molecule has 1 aliphatic carbocycles. The van der Waals surface area contributed by atoms with E-state index < -0.39 is 17.7 Å². The summed E-state index contributed by atoms with van der Waals surface area (Å²) in [6, 6.07) is 2.87. The molecule has 1 amide bonds. The Morgan fingerprint density at radius 1 is 1.43 bits per heavy atom. The van der Waals surface area contributed by atoms with Crippen LogP contribution in [0.5, 0.6) is 0 Å². The fraction of sp³-hybridized carbons (Fsp3) is 0.562. The van der Waals surface area contributed by atoms with Crippen LogP contribution in [0.2, 0.25) is 0 Å². The zero-order valence-electron chi connectivity index (χ0n) is 12.5. The molecule has 0 saturated heterocycles. The summed E-state index contributed by atoms with van der Waals surface area (Å²) < 4.78 is 27.1. The Labute approximate surface area is 124 Å². The van der Waals surface area contributed by atoms with Crippen LogP contribution in [0.1, 0.15) is 44.2 Å². The van der Waals surface area contributed by atoms with Crippen LogP contribution in [0.25, 0.3) is 0 Å². The van der Waals surface area contributed by atoms with Crippen molar-refractivity contribution in [3.05, 3.63) is 35.4 Å². The van der Waals surface area contributed by atoms with Crippen LogP contribution in [0, 0.1) is 17.6 Å². The Bertz CT molecular complexity index is 521. The first-order valence-corrected chi connectivity index (χ1v) is 7.36. The van der Waals surface area contributed by atoms with E-state index in [0.717, 1.165) is 37.5 Å². The van der Waals surface area contributed by atoms with Crippen LogP contribution in [0.15, 0.2) is 18.2 Å². The highest BCUT2D eigenvalue weighted by Gasteiger charge is 2.29. The summed E-state index contributed by atoms with van der Waals surface area (Å²) in [7, 11) is 1.62. The van der Waals surface area contributed by atoms with E-state index >= 15 is 0 Å². The average molecular weight is 296 g/mol. The maximum absolute atomic E-state index is 13.8.